The molecule has 0 aliphatic carbocycles. The van der Waals surface area contributed by atoms with Gasteiger partial charge in [0.2, 0.25) is 0 Å². The van der Waals surface area contributed by atoms with Gasteiger partial charge in [0.25, 0.3) is 0 Å². The number of nitrogens with zero attached hydrogens (tertiary/aromatic N) is 1. The van der Waals surface area contributed by atoms with Gasteiger partial charge in [-0.05, 0) is 18.9 Å². The van der Waals surface area contributed by atoms with Crippen molar-refractivity contribution in [3.8, 4) is 11.3 Å². The lowest BCUT2D eigenvalue weighted by atomic mass is 10.1. The summed E-state index contributed by atoms with van der Waals surface area (Å²) in [5.41, 5.74) is 3.47. The van der Waals surface area contributed by atoms with Crippen LogP contribution in [-0.4, -0.2) is 30.3 Å². The molecule has 0 fully saturated rings. The Balaban J connectivity index is 0.000000346. The van der Waals surface area contributed by atoms with E-state index in [-0.39, 0.29) is 0 Å². The van der Waals surface area contributed by atoms with Gasteiger partial charge in [-0.25, -0.2) is 0 Å². The van der Waals surface area contributed by atoms with E-state index in [0.717, 1.165) is 19.2 Å². The third-order valence-electron chi connectivity index (χ3n) is 2.96. The highest BCUT2D eigenvalue weighted by Crippen LogP contribution is 2.17. The van der Waals surface area contributed by atoms with E-state index in [1.807, 2.05) is 18.2 Å². The first-order chi connectivity index (χ1) is 10.5. The van der Waals surface area contributed by atoms with Crippen LogP contribution >= 0.6 is 0 Å². The Morgan fingerprint density at radius 1 is 1.23 bits per heavy atom. The molecule has 1 aromatic carbocycles. The molecule has 2 aromatic rings. The largest absolute Gasteiger partial charge is 0.397 e. The molecule has 122 valence electrons. The molecule has 0 saturated heterocycles. The molecule has 0 saturated carbocycles. The van der Waals surface area contributed by atoms with Gasteiger partial charge in [-0.1, -0.05) is 50.1 Å². The number of H-pyrrole nitrogens is 1. The summed E-state index contributed by atoms with van der Waals surface area (Å²) < 4.78 is 29.7. The minimum atomic E-state index is -4.16. The first-order valence-electron chi connectivity index (χ1n) is 7.09. The highest BCUT2D eigenvalue weighted by molar-refractivity contribution is 7.80. The Morgan fingerprint density at radius 3 is 2.41 bits per heavy atom. The van der Waals surface area contributed by atoms with Crippen molar-refractivity contribution in [2.24, 2.45) is 0 Å². The van der Waals surface area contributed by atoms with Crippen LogP contribution in [0.3, 0.4) is 0 Å². The predicted molar refractivity (Wildman–Crippen MR) is 85.8 cm³/mol. The maximum atomic E-state index is 9.33. The summed E-state index contributed by atoms with van der Waals surface area (Å²) in [6, 6.07) is 12.4. The summed E-state index contributed by atoms with van der Waals surface area (Å²) in [6.07, 6.45) is 4.90. The smallest absolute Gasteiger partial charge is 0.282 e. The number of aromatic amines is 1. The zero-order valence-corrected chi connectivity index (χ0v) is 13.6. The summed E-state index contributed by atoms with van der Waals surface area (Å²) in [5, 5.41) is 7.45. The third-order valence-corrected chi connectivity index (χ3v) is 3.38. The summed E-state index contributed by atoms with van der Waals surface area (Å²) in [5.74, 6) is 0. The zero-order valence-electron chi connectivity index (χ0n) is 12.8. The average molecular weight is 326 g/mol. The van der Waals surface area contributed by atoms with Gasteiger partial charge < -0.3 is 0 Å². The molecule has 1 heterocycles. The minimum absolute atomic E-state index is 0.870. The summed E-state index contributed by atoms with van der Waals surface area (Å²) in [7, 11) is -3.29. The monoisotopic (exact) mass is 326 g/mol. The SMILES string of the molecule is CCCCCc1cc(-c2ccccc2)n[nH]1.COS(=O)(=O)O. The van der Waals surface area contributed by atoms with Crippen molar-refractivity contribution in [3.05, 3.63) is 42.1 Å². The van der Waals surface area contributed by atoms with E-state index in [2.05, 4.69) is 39.5 Å². The molecule has 22 heavy (non-hydrogen) atoms. The second-order valence-electron chi connectivity index (χ2n) is 4.70. The number of aromatic nitrogens is 2. The fourth-order valence-electron chi connectivity index (χ4n) is 1.81. The summed E-state index contributed by atoms with van der Waals surface area (Å²) in [6.45, 7) is 2.22. The maximum Gasteiger partial charge on any atom is 0.397 e. The van der Waals surface area contributed by atoms with Crippen molar-refractivity contribution in [2.75, 3.05) is 7.11 Å². The molecular formula is C15H22N2O4S. The van der Waals surface area contributed by atoms with Crippen LogP contribution in [0.15, 0.2) is 36.4 Å². The van der Waals surface area contributed by atoms with E-state index in [1.54, 1.807) is 0 Å². The fraction of sp³-hybridized carbons (Fsp3) is 0.400. The van der Waals surface area contributed by atoms with Gasteiger partial charge in [0, 0.05) is 11.3 Å². The van der Waals surface area contributed by atoms with Crippen LogP contribution in [0.2, 0.25) is 0 Å². The van der Waals surface area contributed by atoms with E-state index >= 15 is 0 Å². The number of hydrogen-bond acceptors (Lipinski definition) is 4. The molecule has 0 bridgehead atoms. The van der Waals surface area contributed by atoms with Crippen molar-refractivity contribution in [3.63, 3.8) is 0 Å². The van der Waals surface area contributed by atoms with Gasteiger partial charge in [-0.2, -0.15) is 13.5 Å². The van der Waals surface area contributed by atoms with Crippen LogP contribution < -0.4 is 0 Å². The first-order valence-corrected chi connectivity index (χ1v) is 8.45. The number of rotatable bonds is 6. The van der Waals surface area contributed by atoms with Crippen LogP contribution in [0.5, 0.6) is 0 Å². The van der Waals surface area contributed by atoms with Gasteiger partial charge in [0.15, 0.2) is 0 Å². The average Bonchev–Trinajstić information content (AvgIpc) is 2.97. The molecular weight excluding hydrogens is 304 g/mol. The van der Waals surface area contributed by atoms with Gasteiger partial charge in [-0.3, -0.25) is 13.8 Å². The number of aryl methyl sites for hydroxylation is 1. The second-order valence-corrected chi connectivity index (χ2v) is 5.88. The molecule has 1 aromatic heterocycles. The molecule has 0 spiro atoms. The molecule has 0 aliphatic rings. The number of unbranched alkanes of at least 4 members (excludes halogenated alkanes) is 2. The number of benzene rings is 1. The Bertz CT molecular complexity index is 639. The number of nitrogens with one attached hydrogen (secondary N) is 1. The Morgan fingerprint density at radius 2 is 1.86 bits per heavy atom. The Labute approximate surface area is 131 Å². The van der Waals surface area contributed by atoms with E-state index in [4.69, 9.17) is 4.55 Å². The van der Waals surface area contributed by atoms with Crippen LogP contribution in [0.25, 0.3) is 11.3 Å². The van der Waals surface area contributed by atoms with E-state index in [9.17, 15) is 8.42 Å². The van der Waals surface area contributed by atoms with Crippen LogP contribution in [0.1, 0.15) is 31.9 Å². The summed E-state index contributed by atoms with van der Waals surface area (Å²) in [4.78, 5) is 0. The molecule has 2 N–H and O–H groups in total. The standard InChI is InChI=1S/C14H18N2.CH4O4S/c1-2-3-5-10-13-11-14(16-15-13)12-8-6-4-7-9-12;1-5-6(2,3)4/h4,6-9,11H,2-3,5,10H2,1H3,(H,15,16);1H3,(H,2,3,4). The van der Waals surface area contributed by atoms with Crippen LogP contribution in [0, 0.1) is 0 Å². The maximum absolute atomic E-state index is 9.33. The lowest BCUT2D eigenvalue weighted by molar-refractivity contribution is 0.324. The van der Waals surface area contributed by atoms with Gasteiger partial charge in [-0.15, -0.1) is 0 Å². The lowest BCUT2D eigenvalue weighted by Gasteiger charge is -1.94. The predicted octanol–water partition coefficient (Wildman–Crippen LogP) is 3.25. The Kier molecular flexibility index (Phi) is 7.79. The normalized spacial score (nSPS) is 10.9. The van der Waals surface area contributed by atoms with Crippen LogP contribution in [-0.2, 0) is 21.0 Å². The van der Waals surface area contributed by atoms with E-state index in [0.29, 0.717) is 0 Å². The summed E-state index contributed by atoms with van der Waals surface area (Å²) >= 11 is 0. The topological polar surface area (TPSA) is 92.3 Å². The Hall–Kier alpha value is -1.70. The molecule has 0 amide bonds. The molecule has 0 aliphatic heterocycles. The molecule has 6 nitrogen and oxygen atoms in total. The molecule has 7 heteroatoms. The van der Waals surface area contributed by atoms with Gasteiger partial charge in [0.05, 0.1) is 12.8 Å². The lowest BCUT2D eigenvalue weighted by Crippen LogP contribution is -1.96. The van der Waals surface area contributed by atoms with Gasteiger partial charge >= 0.3 is 10.4 Å². The van der Waals surface area contributed by atoms with Crippen molar-refractivity contribution in [1.82, 2.24) is 10.2 Å². The number of hydrogen-bond donors (Lipinski definition) is 2. The molecule has 0 unspecified atom stereocenters. The van der Waals surface area contributed by atoms with Crippen LogP contribution in [0.4, 0.5) is 0 Å². The first kappa shape index (κ1) is 18.3. The molecule has 0 radical (unpaired) electrons. The van der Waals surface area contributed by atoms with Crippen molar-refractivity contribution >= 4 is 10.4 Å². The van der Waals surface area contributed by atoms with E-state index in [1.165, 1.54) is 30.5 Å². The molecule has 2 rings (SSSR count). The third kappa shape index (κ3) is 7.35. The van der Waals surface area contributed by atoms with Gasteiger partial charge in [0.1, 0.15) is 0 Å². The quantitative estimate of drug-likeness (QED) is 0.628. The second kappa shape index (κ2) is 9.34. The minimum Gasteiger partial charge on any atom is -0.282 e. The van der Waals surface area contributed by atoms with Crippen molar-refractivity contribution in [2.45, 2.75) is 32.6 Å². The van der Waals surface area contributed by atoms with E-state index < -0.39 is 10.4 Å². The van der Waals surface area contributed by atoms with Crippen molar-refractivity contribution < 1.29 is 17.2 Å². The highest BCUT2D eigenvalue weighted by Gasteiger charge is 2.02. The van der Waals surface area contributed by atoms with Crippen molar-refractivity contribution in [1.29, 1.82) is 0 Å². The zero-order chi connectivity index (χ0) is 16.4. The fourth-order valence-corrected chi connectivity index (χ4v) is 1.81. The highest BCUT2D eigenvalue weighted by atomic mass is 32.3. The molecule has 0 atom stereocenters.